The Labute approximate surface area is 171 Å². The van der Waals surface area contributed by atoms with Crippen LogP contribution in [0.25, 0.3) is 11.5 Å². The normalized spacial score (nSPS) is 12.0. The molecule has 1 N–H and O–H groups in total. The van der Waals surface area contributed by atoms with Crippen LogP contribution in [-0.2, 0) is 10.5 Å². The number of rotatable bonds is 9. The molecule has 0 spiro atoms. The summed E-state index contributed by atoms with van der Waals surface area (Å²) in [6.45, 7) is -1.10. The number of nitrogens with one attached hydrogen (secondary N) is 1. The number of nitrogens with zero attached hydrogens (tertiary/aromatic N) is 1. The molecule has 152 valence electrons. The number of hydrogen-bond donors (Lipinski definition) is 1. The van der Waals surface area contributed by atoms with Gasteiger partial charge in [0, 0.05) is 11.3 Å². The molecule has 0 radical (unpaired) electrons. The molecule has 1 amide bonds. The van der Waals surface area contributed by atoms with Crippen molar-refractivity contribution < 1.29 is 22.7 Å². The number of carbonyl (C=O) groups is 1. The minimum atomic E-state index is -2.88. The number of alkyl halides is 2. The molecule has 3 aromatic rings. The highest BCUT2D eigenvalue weighted by Gasteiger charge is 2.13. The number of thioether (sulfide) groups is 1. The van der Waals surface area contributed by atoms with Crippen LogP contribution in [0, 0.1) is 0 Å². The van der Waals surface area contributed by atoms with E-state index in [1.807, 2.05) is 30.3 Å². The Morgan fingerprint density at radius 3 is 2.76 bits per heavy atom. The summed E-state index contributed by atoms with van der Waals surface area (Å²) in [5.74, 6) is 1.23. The Morgan fingerprint density at radius 2 is 2.00 bits per heavy atom. The van der Waals surface area contributed by atoms with E-state index >= 15 is 0 Å². The molecule has 0 saturated heterocycles. The van der Waals surface area contributed by atoms with Crippen molar-refractivity contribution in [2.24, 2.45) is 0 Å². The van der Waals surface area contributed by atoms with Gasteiger partial charge in [0.2, 0.25) is 11.8 Å². The summed E-state index contributed by atoms with van der Waals surface area (Å²) < 4.78 is 34.5. The minimum Gasteiger partial charge on any atom is -0.444 e. The van der Waals surface area contributed by atoms with Crippen LogP contribution in [0.3, 0.4) is 0 Å². The average Bonchev–Trinajstić information content (AvgIpc) is 3.17. The van der Waals surface area contributed by atoms with Crippen LogP contribution >= 0.6 is 11.8 Å². The van der Waals surface area contributed by atoms with Crippen LogP contribution in [0.2, 0.25) is 0 Å². The van der Waals surface area contributed by atoms with Gasteiger partial charge in [-0.05, 0) is 36.8 Å². The van der Waals surface area contributed by atoms with Crippen molar-refractivity contribution in [1.29, 1.82) is 0 Å². The molecule has 1 unspecified atom stereocenters. The molecular weight excluding hydrogens is 398 g/mol. The van der Waals surface area contributed by atoms with E-state index in [0.29, 0.717) is 17.2 Å². The van der Waals surface area contributed by atoms with Crippen LogP contribution < -0.4 is 10.1 Å². The molecule has 0 aliphatic rings. The van der Waals surface area contributed by atoms with Gasteiger partial charge >= 0.3 is 6.61 Å². The number of amides is 1. The maximum Gasteiger partial charge on any atom is 0.387 e. The van der Waals surface area contributed by atoms with E-state index in [-0.39, 0.29) is 23.5 Å². The number of oxazole rings is 1. The fourth-order valence-corrected chi connectivity index (χ4v) is 3.37. The molecule has 1 heterocycles. The Hall–Kier alpha value is -2.87. The molecule has 0 aliphatic carbocycles. The first-order valence-corrected chi connectivity index (χ1v) is 10.1. The lowest BCUT2D eigenvalue weighted by Crippen LogP contribution is -2.28. The lowest BCUT2D eigenvalue weighted by molar-refractivity contribution is -0.119. The topological polar surface area (TPSA) is 64.4 Å². The number of halogens is 2. The van der Waals surface area contributed by atoms with Gasteiger partial charge in [0.25, 0.3) is 0 Å². The average molecular weight is 418 g/mol. The molecule has 5 nitrogen and oxygen atoms in total. The van der Waals surface area contributed by atoms with Gasteiger partial charge in [-0.15, -0.1) is 11.8 Å². The van der Waals surface area contributed by atoms with Gasteiger partial charge in [0.1, 0.15) is 12.0 Å². The zero-order valence-corrected chi connectivity index (χ0v) is 16.5. The van der Waals surface area contributed by atoms with Gasteiger partial charge < -0.3 is 14.5 Å². The van der Waals surface area contributed by atoms with E-state index in [1.165, 1.54) is 23.9 Å². The lowest BCUT2D eigenvalue weighted by Gasteiger charge is -2.15. The predicted octanol–water partition coefficient (Wildman–Crippen LogP) is 5.05. The van der Waals surface area contributed by atoms with Crippen LogP contribution in [-0.4, -0.2) is 23.3 Å². The van der Waals surface area contributed by atoms with Crippen molar-refractivity contribution in [2.45, 2.75) is 25.3 Å². The summed E-state index contributed by atoms with van der Waals surface area (Å²) >= 11 is 1.41. The largest absolute Gasteiger partial charge is 0.444 e. The van der Waals surface area contributed by atoms with Crippen LogP contribution in [0.5, 0.6) is 5.75 Å². The first kappa shape index (κ1) is 20.9. The molecule has 1 atom stereocenters. The van der Waals surface area contributed by atoms with Crippen molar-refractivity contribution in [3.63, 3.8) is 0 Å². The van der Waals surface area contributed by atoms with Gasteiger partial charge in [-0.1, -0.05) is 30.3 Å². The van der Waals surface area contributed by atoms with Gasteiger partial charge in [0.15, 0.2) is 0 Å². The fraction of sp³-hybridized carbons (Fsp3) is 0.238. The van der Waals surface area contributed by atoms with Crippen molar-refractivity contribution in [3.8, 4) is 17.2 Å². The zero-order valence-electron chi connectivity index (χ0n) is 15.7. The second-order valence-corrected chi connectivity index (χ2v) is 7.23. The third kappa shape index (κ3) is 6.32. The molecule has 1 aromatic heterocycles. The van der Waals surface area contributed by atoms with Gasteiger partial charge in [-0.2, -0.15) is 8.78 Å². The summed E-state index contributed by atoms with van der Waals surface area (Å²) in [4.78, 5) is 16.6. The standard InChI is InChI=1S/C21H20F2N2O3S/c1-14(16-8-5-9-18(10-16)28-21(22)23)24-19(26)13-29-12-17-11-27-20(25-17)15-6-3-2-4-7-15/h2-11,14,21H,12-13H2,1H3,(H,24,26). The number of ether oxygens (including phenoxy) is 1. The van der Waals surface area contributed by atoms with E-state index in [0.717, 1.165) is 11.3 Å². The number of carbonyl (C=O) groups excluding carboxylic acids is 1. The molecule has 0 bridgehead atoms. The summed E-state index contributed by atoms with van der Waals surface area (Å²) in [7, 11) is 0. The van der Waals surface area contributed by atoms with E-state index in [1.54, 1.807) is 25.3 Å². The first-order chi connectivity index (χ1) is 14.0. The zero-order chi connectivity index (χ0) is 20.6. The predicted molar refractivity (Wildman–Crippen MR) is 108 cm³/mol. The van der Waals surface area contributed by atoms with Gasteiger partial charge in [0.05, 0.1) is 17.5 Å². The molecule has 0 saturated carbocycles. The first-order valence-electron chi connectivity index (χ1n) is 8.93. The minimum absolute atomic E-state index is 0.0632. The lowest BCUT2D eigenvalue weighted by atomic mass is 10.1. The molecule has 3 rings (SSSR count). The second-order valence-electron chi connectivity index (χ2n) is 6.24. The Bertz CT molecular complexity index is 934. The van der Waals surface area contributed by atoms with Crippen LogP contribution in [0.4, 0.5) is 8.78 Å². The van der Waals surface area contributed by atoms with Crippen molar-refractivity contribution in [3.05, 3.63) is 72.1 Å². The third-order valence-electron chi connectivity index (χ3n) is 4.02. The molecule has 0 fully saturated rings. The second kappa shape index (κ2) is 10.1. The Morgan fingerprint density at radius 1 is 1.21 bits per heavy atom. The van der Waals surface area contributed by atoms with Crippen LogP contribution in [0.1, 0.15) is 24.2 Å². The highest BCUT2D eigenvalue weighted by atomic mass is 32.2. The van der Waals surface area contributed by atoms with Crippen molar-refractivity contribution in [1.82, 2.24) is 10.3 Å². The maximum atomic E-state index is 12.3. The summed E-state index contributed by atoms with van der Waals surface area (Å²) in [5.41, 5.74) is 2.34. The Kier molecular flexibility index (Phi) is 7.24. The van der Waals surface area contributed by atoms with Gasteiger partial charge in [-0.25, -0.2) is 4.98 Å². The highest BCUT2D eigenvalue weighted by Crippen LogP contribution is 2.22. The third-order valence-corrected chi connectivity index (χ3v) is 4.98. The quantitative estimate of drug-likeness (QED) is 0.527. The molecule has 29 heavy (non-hydrogen) atoms. The fourth-order valence-electron chi connectivity index (χ4n) is 2.66. The van der Waals surface area contributed by atoms with E-state index in [2.05, 4.69) is 15.0 Å². The monoisotopic (exact) mass is 418 g/mol. The SMILES string of the molecule is CC(NC(=O)CSCc1coc(-c2ccccc2)n1)c1cccc(OC(F)F)c1. The summed E-state index contributed by atoms with van der Waals surface area (Å²) in [5, 5.41) is 2.85. The number of benzene rings is 2. The summed E-state index contributed by atoms with van der Waals surface area (Å²) in [6.07, 6.45) is 1.59. The smallest absolute Gasteiger partial charge is 0.387 e. The Balaban J connectivity index is 1.46. The molecule has 0 aliphatic heterocycles. The molecule has 2 aromatic carbocycles. The van der Waals surface area contributed by atoms with Crippen LogP contribution in [0.15, 0.2) is 65.3 Å². The summed E-state index contributed by atoms with van der Waals surface area (Å²) in [6, 6.07) is 15.5. The van der Waals surface area contributed by atoms with Gasteiger partial charge in [-0.3, -0.25) is 4.79 Å². The van der Waals surface area contributed by atoms with Crippen molar-refractivity contribution >= 4 is 17.7 Å². The van der Waals surface area contributed by atoms with E-state index in [4.69, 9.17) is 4.42 Å². The molecule has 8 heteroatoms. The number of aromatic nitrogens is 1. The number of hydrogen-bond acceptors (Lipinski definition) is 5. The molecular formula is C21H20F2N2O3S. The highest BCUT2D eigenvalue weighted by molar-refractivity contribution is 7.99. The maximum absolute atomic E-state index is 12.3. The van der Waals surface area contributed by atoms with Crippen molar-refractivity contribution in [2.75, 3.05) is 5.75 Å². The van der Waals surface area contributed by atoms with E-state index < -0.39 is 6.61 Å². The van der Waals surface area contributed by atoms with E-state index in [9.17, 15) is 13.6 Å².